The molecule has 0 bridgehead atoms. The molecule has 0 saturated carbocycles. The molecule has 3 aromatic rings. The van der Waals surface area contributed by atoms with Gasteiger partial charge in [0, 0.05) is 11.1 Å². The fraction of sp³-hybridized carbons (Fsp3) is 0.125. The Balaban J connectivity index is 1.81. The van der Waals surface area contributed by atoms with E-state index in [-0.39, 0.29) is 17.4 Å². The van der Waals surface area contributed by atoms with Gasteiger partial charge in [-0.2, -0.15) is 0 Å². The molecule has 0 unspecified atom stereocenters. The van der Waals surface area contributed by atoms with Crippen LogP contribution in [-0.2, 0) is 16.6 Å². The first-order valence-electron chi connectivity index (χ1n) is 10.2. The van der Waals surface area contributed by atoms with Gasteiger partial charge in [-0.25, -0.2) is 18.5 Å². The minimum Gasteiger partial charge on any atom is -0.497 e. The summed E-state index contributed by atoms with van der Waals surface area (Å²) in [6, 6.07) is 19.2. The van der Waals surface area contributed by atoms with E-state index in [0.29, 0.717) is 22.4 Å². The van der Waals surface area contributed by atoms with Crippen molar-refractivity contribution >= 4 is 27.8 Å². The number of rotatable bonds is 6. The van der Waals surface area contributed by atoms with E-state index < -0.39 is 21.8 Å². The number of methoxy groups -OCH3 is 1. The Kier molecular flexibility index (Phi) is 7.77. The summed E-state index contributed by atoms with van der Waals surface area (Å²) in [5.74, 6) is -0.378. The second-order valence-electron chi connectivity index (χ2n) is 7.36. The number of nitrogens with two attached hydrogens (primary N) is 1. The lowest BCUT2D eigenvalue weighted by molar-refractivity contribution is 0.0966. The Bertz CT molecular complexity index is 1300. The zero-order valence-electron chi connectivity index (χ0n) is 18.6. The van der Waals surface area contributed by atoms with Crippen molar-refractivity contribution < 1.29 is 22.7 Å². The molecule has 10 heteroatoms. The molecule has 3 rings (SSSR count). The van der Waals surface area contributed by atoms with Crippen molar-refractivity contribution in [2.24, 2.45) is 10.1 Å². The predicted octanol–water partition coefficient (Wildman–Crippen LogP) is 2.37. The number of carbonyl (C=O) groups excluding carboxylic acids is 2. The normalized spacial score (nSPS) is 11.6. The smallest absolute Gasteiger partial charge is 0.257 e. The number of primary sulfonamides is 1. The van der Waals surface area contributed by atoms with Gasteiger partial charge in [0.1, 0.15) is 5.75 Å². The van der Waals surface area contributed by atoms with Crippen molar-refractivity contribution in [2.45, 2.75) is 18.4 Å². The molecule has 0 heterocycles. The number of aryl methyl sites for hydroxylation is 1. The van der Waals surface area contributed by atoms with Crippen molar-refractivity contribution in [3.05, 3.63) is 95.1 Å². The molecule has 0 aliphatic rings. The van der Waals surface area contributed by atoms with Gasteiger partial charge in [-0.3, -0.25) is 20.2 Å². The summed E-state index contributed by atoms with van der Waals surface area (Å²) in [5, 5.41) is 10.4. The van der Waals surface area contributed by atoms with Crippen LogP contribution in [0.4, 0.5) is 0 Å². The highest BCUT2D eigenvalue weighted by Gasteiger charge is 2.14. The largest absolute Gasteiger partial charge is 0.497 e. The molecule has 9 nitrogen and oxygen atoms in total. The van der Waals surface area contributed by atoms with E-state index in [2.05, 4.69) is 15.6 Å². The predicted molar refractivity (Wildman–Crippen MR) is 128 cm³/mol. The van der Waals surface area contributed by atoms with Crippen LogP contribution in [0.3, 0.4) is 0 Å². The molecular weight excluding hydrogens is 456 g/mol. The first-order valence-corrected chi connectivity index (χ1v) is 11.7. The second kappa shape index (κ2) is 10.7. The highest BCUT2D eigenvalue weighted by atomic mass is 32.2. The van der Waals surface area contributed by atoms with E-state index in [1.807, 2.05) is 6.92 Å². The monoisotopic (exact) mass is 480 g/mol. The van der Waals surface area contributed by atoms with Crippen LogP contribution >= 0.6 is 0 Å². The number of benzene rings is 3. The molecule has 2 amide bonds. The molecular formula is C24H24N4O5S. The standard InChI is InChI=1S/C24H24N4O5S/c1-16-3-7-18(8-4-16)22(29)27-24(28-23(30)19-9-11-20(33-2)12-10-19)26-15-17-5-13-21(14-6-17)34(25,31)32/h3-14H,15H2,1-2H3,(H2,25,31,32)(H2,26,27,28,29,30). The van der Waals surface area contributed by atoms with Gasteiger partial charge in [0.2, 0.25) is 16.0 Å². The summed E-state index contributed by atoms with van der Waals surface area (Å²) in [5.41, 5.74) is 2.39. The van der Waals surface area contributed by atoms with Crippen molar-refractivity contribution in [3.8, 4) is 5.75 Å². The minimum atomic E-state index is -3.81. The SMILES string of the molecule is COc1ccc(C(=O)NC(=NCc2ccc(S(N)(=O)=O)cc2)NC(=O)c2ccc(C)cc2)cc1. The number of aliphatic imine (C=N–C) groups is 1. The minimum absolute atomic E-state index is 0.0269. The summed E-state index contributed by atoms with van der Waals surface area (Å²) in [7, 11) is -2.29. The molecule has 3 aromatic carbocycles. The average molecular weight is 481 g/mol. The van der Waals surface area contributed by atoms with Crippen LogP contribution in [0.1, 0.15) is 31.8 Å². The van der Waals surface area contributed by atoms with Crippen LogP contribution in [0.15, 0.2) is 82.7 Å². The average Bonchev–Trinajstić information content (AvgIpc) is 2.82. The van der Waals surface area contributed by atoms with E-state index in [1.54, 1.807) is 60.7 Å². The van der Waals surface area contributed by atoms with Gasteiger partial charge in [-0.05, 0) is 61.0 Å². The maximum atomic E-state index is 12.7. The lowest BCUT2D eigenvalue weighted by atomic mass is 10.1. The molecule has 0 radical (unpaired) electrons. The number of sulfonamides is 1. The Morgan fingerprint density at radius 3 is 1.82 bits per heavy atom. The van der Waals surface area contributed by atoms with Crippen LogP contribution < -0.4 is 20.5 Å². The maximum absolute atomic E-state index is 12.7. The fourth-order valence-corrected chi connectivity index (χ4v) is 3.39. The van der Waals surface area contributed by atoms with Gasteiger partial charge >= 0.3 is 0 Å². The highest BCUT2D eigenvalue weighted by Crippen LogP contribution is 2.12. The van der Waals surface area contributed by atoms with Crippen molar-refractivity contribution in [3.63, 3.8) is 0 Å². The molecule has 0 atom stereocenters. The Morgan fingerprint density at radius 1 is 0.853 bits per heavy atom. The third-order valence-corrected chi connectivity index (χ3v) is 5.73. The van der Waals surface area contributed by atoms with Gasteiger partial charge in [-0.1, -0.05) is 29.8 Å². The second-order valence-corrected chi connectivity index (χ2v) is 8.92. The molecule has 0 aromatic heterocycles. The van der Waals surface area contributed by atoms with Crippen molar-refractivity contribution in [1.82, 2.24) is 10.6 Å². The summed E-state index contributed by atoms with van der Waals surface area (Å²) in [4.78, 5) is 29.7. The van der Waals surface area contributed by atoms with Gasteiger partial charge < -0.3 is 4.74 Å². The van der Waals surface area contributed by atoms with E-state index >= 15 is 0 Å². The third kappa shape index (κ3) is 6.74. The summed E-state index contributed by atoms with van der Waals surface area (Å²) < 4.78 is 28.0. The van der Waals surface area contributed by atoms with Crippen LogP contribution in [-0.4, -0.2) is 33.3 Å². The molecule has 0 aliphatic heterocycles. The van der Waals surface area contributed by atoms with Crippen molar-refractivity contribution in [2.75, 3.05) is 7.11 Å². The zero-order chi connectivity index (χ0) is 24.7. The van der Waals surface area contributed by atoms with E-state index in [9.17, 15) is 18.0 Å². The highest BCUT2D eigenvalue weighted by molar-refractivity contribution is 7.89. The number of amides is 2. The number of nitrogens with zero attached hydrogens (tertiary/aromatic N) is 1. The number of carbonyl (C=O) groups is 2. The molecule has 0 saturated heterocycles. The van der Waals surface area contributed by atoms with Crippen molar-refractivity contribution in [1.29, 1.82) is 0 Å². The van der Waals surface area contributed by atoms with Gasteiger partial charge in [0.25, 0.3) is 11.8 Å². The number of guanidine groups is 1. The Morgan fingerprint density at radius 2 is 1.35 bits per heavy atom. The van der Waals surface area contributed by atoms with Crippen LogP contribution in [0.5, 0.6) is 5.75 Å². The van der Waals surface area contributed by atoms with E-state index in [4.69, 9.17) is 9.88 Å². The molecule has 0 spiro atoms. The first-order chi connectivity index (χ1) is 16.2. The lowest BCUT2D eigenvalue weighted by Crippen LogP contribution is -2.44. The Labute approximate surface area is 197 Å². The summed E-state index contributed by atoms with van der Waals surface area (Å²) >= 11 is 0. The van der Waals surface area contributed by atoms with Gasteiger partial charge in [0.15, 0.2) is 0 Å². The molecule has 0 aliphatic carbocycles. The maximum Gasteiger partial charge on any atom is 0.257 e. The van der Waals surface area contributed by atoms with Gasteiger partial charge in [0.05, 0.1) is 18.6 Å². The van der Waals surface area contributed by atoms with Gasteiger partial charge in [-0.15, -0.1) is 0 Å². The van der Waals surface area contributed by atoms with E-state index in [1.165, 1.54) is 19.2 Å². The number of hydrogen-bond acceptors (Lipinski definition) is 6. The number of nitrogens with one attached hydrogen (secondary N) is 2. The summed E-state index contributed by atoms with van der Waals surface area (Å²) in [6.45, 7) is 1.97. The third-order valence-electron chi connectivity index (χ3n) is 4.80. The molecule has 176 valence electrons. The van der Waals surface area contributed by atoms with Crippen LogP contribution in [0, 0.1) is 6.92 Å². The topological polar surface area (TPSA) is 140 Å². The van der Waals surface area contributed by atoms with Crippen LogP contribution in [0.2, 0.25) is 0 Å². The summed E-state index contributed by atoms with van der Waals surface area (Å²) in [6.07, 6.45) is 0. The van der Waals surface area contributed by atoms with E-state index in [0.717, 1.165) is 5.56 Å². The quantitative estimate of drug-likeness (QED) is 0.367. The molecule has 34 heavy (non-hydrogen) atoms. The first kappa shape index (κ1) is 24.6. The lowest BCUT2D eigenvalue weighted by Gasteiger charge is -2.12. The molecule has 4 N–H and O–H groups in total. The van der Waals surface area contributed by atoms with Crippen LogP contribution in [0.25, 0.3) is 0 Å². The number of hydrogen-bond donors (Lipinski definition) is 3. The fourth-order valence-electron chi connectivity index (χ4n) is 2.87. The molecule has 0 fully saturated rings. The number of ether oxygens (including phenoxy) is 1. The Hall–Kier alpha value is -4.02. The zero-order valence-corrected chi connectivity index (χ0v) is 19.4.